The van der Waals surface area contributed by atoms with Crippen LogP contribution in [0.15, 0.2) is 0 Å². The number of rotatable bonds is 1. The van der Waals surface area contributed by atoms with Crippen molar-refractivity contribution in [2.24, 2.45) is 11.7 Å². The molecule has 0 aromatic heterocycles. The van der Waals surface area contributed by atoms with Gasteiger partial charge in [0, 0.05) is 0 Å². The number of hydrazine groups is 2. The average Bonchev–Trinajstić information content (AvgIpc) is 1.36. The molecule has 0 saturated carbocycles. The van der Waals surface area contributed by atoms with Gasteiger partial charge in [-0.15, -0.1) is 0 Å². The molecular weight excluding hydrogens is 212 g/mol. The Hall–Kier alpha value is 0.629. The average molecular weight is 216 g/mol. The monoisotopic (exact) mass is 218 g/mol. The Kier molecular flexibility index (Phi) is 3.03. The second kappa shape index (κ2) is 2.74. The third-order valence-electron chi connectivity index (χ3n) is 0.211. The molecule has 0 rings (SSSR count). The summed E-state index contributed by atoms with van der Waals surface area (Å²) in [6.07, 6.45) is 0. The van der Waals surface area contributed by atoms with E-state index in [0.717, 1.165) is 5.12 Å². The van der Waals surface area contributed by atoms with E-state index in [2.05, 4.69) is 31.6 Å². The Morgan fingerprint density at radius 2 is 1.67 bits per heavy atom. The topological polar surface area (TPSA) is 55.3 Å². The van der Waals surface area contributed by atoms with Crippen LogP contribution in [-0.2, 0) is 0 Å². The summed E-state index contributed by atoms with van der Waals surface area (Å²) in [4.78, 5) is 0. The van der Waals surface area contributed by atoms with Crippen molar-refractivity contribution >= 4 is 35.0 Å². The molecule has 0 aliphatic carbocycles. The molecule has 0 aromatic carbocycles. The quantitative estimate of drug-likeness (QED) is 0.288. The van der Waals surface area contributed by atoms with E-state index in [0.29, 0.717) is 3.44 Å². The summed E-state index contributed by atoms with van der Waals surface area (Å²) >= 11 is 5.15. The molecule has 0 aliphatic heterocycles. The molecule has 3 nitrogen and oxygen atoms in total. The van der Waals surface area contributed by atoms with Crippen LogP contribution in [0.2, 0.25) is 0 Å². The van der Waals surface area contributed by atoms with Crippen LogP contribution in [0, 0.1) is 0 Å². The standard InChI is InChI=1S/CH4N3Se2/c2-4(3)1(5)6/h2-3H2. The van der Waals surface area contributed by atoms with Gasteiger partial charge in [0.15, 0.2) is 0 Å². The predicted molar refractivity (Wildman–Crippen MR) is 26.7 cm³/mol. The van der Waals surface area contributed by atoms with Gasteiger partial charge < -0.3 is 0 Å². The molecule has 6 heavy (non-hydrogen) atoms. The van der Waals surface area contributed by atoms with E-state index < -0.39 is 0 Å². The van der Waals surface area contributed by atoms with Crippen molar-refractivity contribution in [3.63, 3.8) is 0 Å². The van der Waals surface area contributed by atoms with Crippen molar-refractivity contribution in [1.82, 2.24) is 5.12 Å². The van der Waals surface area contributed by atoms with Gasteiger partial charge in [0.2, 0.25) is 0 Å². The minimum absolute atomic E-state index is 0.648. The molecule has 0 aromatic rings. The fourth-order valence-electron chi connectivity index (χ4n) is 0. The molecule has 0 spiro atoms. The van der Waals surface area contributed by atoms with Gasteiger partial charge >= 0.3 is 51.8 Å². The first-order valence-corrected chi connectivity index (χ1v) is 2.86. The third kappa shape index (κ3) is 2.84. The van der Waals surface area contributed by atoms with E-state index in [1.54, 1.807) is 0 Å². The van der Waals surface area contributed by atoms with Crippen LogP contribution in [-0.4, -0.2) is 40.1 Å². The van der Waals surface area contributed by atoms with Gasteiger partial charge in [-0.05, 0) is 0 Å². The number of hydrogen-bond donors (Lipinski definition) is 2. The van der Waals surface area contributed by atoms with Crippen molar-refractivity contribution in [3.05, 3.63) is 0 Å². The number of hydrogen-bond acceptors (Lipinski definition) is 3. The van der Waals surface area contributed by atoms with E-state index in [9.17, 15) is 0 Å². The van der Waals surface area contributed by atoms with Gasteiger partial charge in [0.1, 0.15) is 0 Å². The zero-order valence-corrected chi connectivity index (χ0v) is 6.34. The van der Waals surface area contributed by atoms with Gasteiger partial charge in [-0.25, -0.2) is 0 Å². The molecule has 1 radical (unpaired) electrons. The van der Waals surface area contributed by atoms with Crippen molar-refractivity contribution in [1.29, 1.82) is 0 Å². The van der Waals surface area contributed by atoms with Crippen molar-refractivity contribution in [3.8, 4) is 0 Å². The summed E-state index contributed by atoms with van der Waals surface area (Å²) in [6.45, 7) is 0. The molecule has 5 heteroatoms. The van der Waals surface area contributed by atoms with Crippen LogP contribution in [0.5, 0.6) is 0 Å². The number of nitrogens with two attached hydrogens (primary N) is 2. The van der Waals surface area contributed by atoms with Crippen molar-refractivity contribution < 1.29 is 0 Å². The molecule has 0 aliphatic rings. The third-order valence-corrected chi connectivity index (χ3v) is 1.10. The van der Waals surface area contributed by atoms with E-state index in [4.69, 9.17) is 11.7 Å². The van der Waals surface area contributed by atoms with Gasteiger partial charge in [-0.1, -0.05) is 0 Å². The normalized spacial score (nSPS) is 7.67. The van der Waals surface area contributed by atoms with E-state index in [1.165, 1.54) is 0 Å². The summed E-state index contributed by atoms with van der Waals surface area (Å²) in [7, 11) is 0. The van der Waals surface area contributed by atoms with Crippen LogP contribution in [0.25, 0.3) is 0 Å². The van der Waals surface area contributed by atoms with Crippen LogP contribution in [0.1, 0.15) is 0 Å². The molecule has 0 fully saturated rings. The zero-order chi connectivity index (χ0) is 5.15. The first kappa shape index (κ1) is 6.63. The first-order valence-electron chi connectivity index (χ1n) is 1.15. The molecular formula is CH4N3Se2. The van der Waals surface area contributed by atoms with Gasteiger partial charge in [-0.3, -0.25) is 0 Å². The van der Waals surface area contributed by atoms with Crippen LogP contribution < -0.4 is 11.7 Å². The van der Waals surface area contributed by atoms with E-state index >= 15 is 0 Å². The summed E-state index contributed by atoms with van der Waals surface area (Å²) in [5, 5.41) is 0.972. The second-order valence-corrected chi connectivity index (χ2v) is 3.61. The summed E-state index contributed by atoms with van der Waals surface area (Å²) in [5.41, 5.74) is 0. The first-order chi connectivity index (χ1) is 2.64. The molecule has 4 N–H and O–H groups in total. The molecule has 0 amide bonds. The minimum atomic E-state index is 0.648. The summed E-state index contributed by atoms with van der Waals surface area (Å²) < 4.78 is 0.648. The van der Waals surface area contributed by atoms with E-state index in [1.807, 2.05) is 0 Å². The molecule has 0 saturated heterocycles. The Morgan fingerprint density at radius 1 is 1.50 bits per heavy atom. The fraction of sp³-hybridized carbons (Fsp3) is 0. The summed E-state index contributed by atoms with van der Waals surface area (Å²) in [5.74, 6) is 9.89. The molecule has 35 valence electrons. The van der Waals surface area contributed by atoms with E-state index in [-0.39, 0.29) is 0 Å². The molecule has 0 unspecified atom stereocenters. The van der Waals surface area contributed by atoms with Crippen LogP contribution >= 0.6 is 0 Å². The maximum atomic E-state index is 4.95. The Bertz CT molecular complexity index is 59.8. The van der Waals surface area contributed by atoms with Crippen molar-refractivity contribution in [2.75, 3.05) is 0 Å². The van der Waals surface area contributed by atoms with Crippen LogP contribution in [0.3, 0.4) is 0 Å². The Morgan fingerprint density at radius 3 is 1.67 bits per heavy atom. The van der Waals surface area contributed by atoms with Crippen molar-refractivity contribution in [2.45, 2.75) is 0 Å². The van der Waals surface area contributed by atoms with Gasteiger partial charge in [-0.2, -0.15) is 0 Å². The molecule has 0 bridgehead atoms. The molecule has 0 heterocycles. The predicted octanol–water partition coefficient (Wildman–Crippen LogP) is -2.54. The second-order valence-electron chi connectivity index (χ2n) is 0.673. The zero-order valence-electron chi connectivity index (χ0n) is 2.92. The fourth-order valence-corrected chi connectivity index (χ4v) is 0. The Labute approximate surface area is 52.2 Å². The molecule has 0 atom stereocenters. The van der Waals surface area contributed by atoms with Gasteiger partial charge in [0.25, 0.3) is 0 Å². The van der Waals surface area contributed by atoms with Gasteiger partial charge in [0.05, 0.1) is 0 Å². The SMILES string of the molecule is NN(N)C([Se])=[Se]. The van der Waals surface area contributed by atoms with Crippen LogP contribution in [0.4, 0.5) is 0 Å². The Balaban J connectivity index is 3.26. The number of nitrogens with zero attached hydrogens (tertiary/aromatic N) is 1. The maximum absolute atomic E-state index is 4.95. The summed E-state index contributed by atoms with van der Waals surface area (Å²) in [6, 6.07) is 0.